The number of carbonyl (C=O) groups excluding carboxylic acids is 2. The van der Waals surface area contributed by atoms with Gasteiger partial charge in [0.2, 0.25) is 0 Å². The quantitative estimate of drug-likeness (QED) is 0.459. The molecule has 0 saturated heterocycles. The standard InChI is InChI=1S/C14H15ClO3S/c1-18-14(12(16)8-3-4-8)13(17)9-5-6-10(15)11(7-9)19-2/h5-8,14H,3-4H2,1-2H3. The van der Waals surface area contributed by atoms with Crippen LogP contribution in [0.3, 0.4) is 0 Å². The monoisotopic (exact) mass is 298 g/mol. The molecule has 0 aliphatic heterocycles. The average Bonchev–Trinajstić information content (AvgIpc) is 3.24. The molecule has 3 nitrogen and oxygen atoms in total. The van der Waals surface area contributed by atoms with E-state index in [4.69, 9.17) is 16.3 Å². The predicted octanol–water partition coefficient (Wildman–Crippen LogP) is 3.24. The van der Waals surface area contributed by atoms with Crippen molar-refractivity contribution in [2.75, 3.05) is 13.4 Å². The van der Waals surface area contributed by atoms with Gasteiger partial charge in [0.05, 0.1) is 5.02 Å². The Morgan fingerprint density at radius 2 is 2.11 bits per heavy atom. The van der Waals surface area contributed by atoms with E-state index in [1.807, 2.05) is 6.26 Å². The van der Waals surface area contributed by atoms with Gasteiger partial charge in [0, 0.05) is 23.5 Å². The van der Waals surface area contributed by atoms with Crippen molar-refractivity contribution in [2.45, 2.75) is 23.8 Å². The molecule has 1 saturated carbocycles. The van der Waals surface area contributed by atoms with E-state index < -0.39 is 6.10 Å². The van der Waals surface area contributed by atoms with E-state index in [0.717, 1.165) is 17.7 Å². The second-order valence-corrected chi connectivity index (χ2v) is 5.76. The Labute approximate surface area is 121 Å². The molecule has 1 unspecified atom stereocenters. The van der Waals surface area contributed by atoms with Crippen LogP contribution in [0.4, 0.5) is 0 Å². The van der Waals surface area contributed by atoms with Crippen molar-refractivity contribution >= 4 is 34.9 Å². The molecule has 0 heterocycles. The van der Waals surface area contributed by atoms with Crippen molar-refractivity contribution in [3.05, 3.63) is 28.8 Å². The first-order chi connectivity index (χ1) is 9.08. The first-order valence-electron chi connectivity index (χ1n) is 6.02. The molecule has 1 fully saturated rings. The van der Waals surface area contributed by atoms with E-state index in [0.29, 0.717) is 10.6 Å². The number of Topliss-reactive ketones (excluding diaryl/α,β-unsaturated/α-hetero) is 2. The van der Waals surface area contributed by atoms with Crippen LogP contribution in [-0.4, -0.2) is 31.0 Å². The number of hydrogen-bond donors (Lipinski definition) is 0. The number of hydrogen-bond acceptors (Lipinski definition) is 4. The van der Waals surface area contributed by atoms with Gasteiger partial charge in [0.25, 0.3) is 0 Å². The summed E-state index contributed by atoms with van der Waals surface area (Å²) in [5.74, 6) is -0.388. The van der Waals surface area contributed by atoms with E-state index in [9.17, 15) is 9.59 Å². The van der Waals surface area contributed by atoms with Gasteiger partial charge >= 0.3 is 0 Å². The van der Waals surface area contributed by atoms with Crippen LogP contribution in [-0.2, 0) is 9.53 Å². The minimum absolute atomic E-state index is 0.00113. The third-order valence-electron chi connectivity index (χ3n) is 3.15. The molecule has 19 heavy (non-hydrogen) atoms. The second-order valence-electron chi connectivity index (χ2n) is 4.51. The van der Waals surface area contributed by atoms with Crippen molar-refractivity contribution in [2.24, 2.45) is 5.92 Å². The Kier molecular flexibility index (Phi) is 4.66. The maximum atomic E-state index is 12.3. The Bertz CT molecular complexity index is 511. The first kappa shape index (κ1) is 14.6. The summed E-state index contributed by atoms with van der Waals surface area (Å²) in [6.45, 7) is 0. The molecule has 0 radical (unpaired) electrons. The minimum Gasteiger partial charge on any atom is -0.365 e. The number of rotatable bonds is 6. The van der Waals surface area contributed by atoms with E-state index in [1.54, 1.807) is 18.2 Å². The van der Waals surface area contributed by atoms with Gasteiger partial charge in [-0.3, -0.25) is 9.59 Å². The Morgan fingerprint density at radius 3 is 2.63 bits per heavy atom. The zero-order chi connectivity index (χ0) is 14.0. The molecule has 1 aliphatic carbocycles. The maximum absolute atomic E-state index is 12.3. The van der Waals surface area contributed by atoms with E-state index in [2.05, 4.69) is 0 Å². The van der Waals surface area contributed by atoms with Crippen LogP contribution >= 0.6 is 23.4 Å². The molecule has 1 aromatic carbocycles. The Hall–Kier alpha value is -0.840. The van der Waals surface area contributed by atoms with Crippen LogP contribution in [0.1, 0.15) is 23.2 Å². The topological polar surface area (TPSA) is 43.4 Å². The average molecular weight is 299 g/mol. The summed E-state index contributed by atoms with van der Waals surface area (Å²) in [5, 5.41) is 0.603. The smallest absolute Gasteiger partial charge is 0.199 e. The second kappa shape index (κ2) is 6.07. The zero-order valence-electron chi connectivity index (χ0n) is 10.8. The lowest BCUT2D eigenvalue weighted by Gasteiger charge is -2.13. The van der Waals surface area contributed by atoms with Crippen molar-refractivity contribution in [3.8, 4) is 0 Å². The molecule has 0 aromatic heterocycles. The Morgan fingerprint density at radius 1 is 1.42 bits per heavy atom. The van der Waals surface area contributed by atoms with E-state index in [1.165, 1.54) is 18.9 Å². The summed E-state index contributed by atoms with van der Waals surface area (Å²) in [6, 6.07) is 5.02. The minimum atomic E-state index is -0.983. The molecule has 5 heteroatoms. The lowest BCUT2D eigenvalue weighted by Crippen LogP contribution is -2.33. The lowest BCUT2D eigenvalue weighted by molar-refractivity contribution is -0.127. The fraction of sp³-hybridized carbons (Fsp3) is 0.429. The molecular weight excluding hydrogens is 284 g/mol. The van der Waals surface area contributed by atoms with E-state index >= 15 is 0 Å². The van der Waals surface area contributed by atoms with Gasteiger partial charge in [-0.2, -0.15) is 0 Å². The maximum Gasteiger partial charge on any atom is 0.199 e. The van der Waals surface area contributed by atoms with Crippen molar-refractivity contribution in [3.63, 3.8) is 0 Å². The highest BCUT2D eigenvalue weighted by atomic mass is 35.5. The van der Waals surface area contributed by atoms with Crippen LogP contribution < -0.4 is 0 Å². The van der Waals surface area contributed by atoms with Gasteiger partial charge in [-0.15, -0.1) is 11.8 Å². The van der Waals surface area contributed by atoms with Crippen molar-refractivity contribution in [1.82, 2.24) is 0 Å². The molecule has 0 N–H and O–H groups in total. The predicted molar refractivity (Wildman–Crippen MR) is 76.1 cm³/mol. The molecular formula is C14H15ClO3S. The third kappa shape index (κ3) is 3.19. The summed E-state index contributed by atoms with van der Waals surface area (Å²) in [7, 11) is 1.40. The highest BCUT2D eigenvalue weighted by Gasteiger charge is 2.38. The number of methoxy groups -OCH3 is 1. The normalized spacial score (nSPS) is 16.2. The van der Waals surface area contributed by atoms with Crippen LogP contribution in [0.25, 0.3) is 0 Å². The van der Waals surface area contributed by atoms with Crippen molar-refractivity contribution in [1.29, 1.82) is 0 Å². The van der Waals surface area contributed by atoms with Gasteiger partial charge in [-0.25, -0.2) is 0 Å². The van der Waals surface area contributed by atoms with Crippen LogP contribution in [0.5, 0.6) is 0 Å². The van der Waals surface area contributed by atoms with Crippen molar-refractivity contribution < 1.29 is 14.3 Å². The largest absolute Gasteiger partial charge is 0.365 e. The number of halogens is 1. The van der Waals surface area contributed by atoms with Gasteiger partial charge in [0.15, 0.2) is 17.7 Å². The van der Waals surface area contributed by atoms with Crippen LogP contribution in [0.2, 0.25) is 5.02 Å². The fourth-order valence-corrected chi connectivity index (χ4v) is 2.76. The zero-order valence-corrected chi connectivity index (χ0v) is 12.4. The summed E-state index contributed by atoms with van der Waals surface area (Å²) in [5.41, 5.74) is 0.467. The molecule has 2 rings (SSSR count). The molecule has 0 amide bonds. The molecule has 0 bridgehead atoms. The first-order valence-corrected chi connectivity index (χ1v) is 7.63. The molecule has 1 aliphatic rings. The highest BCUT2D eigenvalue weighted by molar-refractivity contribution is 7.98. The van der Waals surface area contributed by atoms with Gasteiger partial charge in [-0.1, -0.05) is 11.6 Å². The fourth-order valence-electron chi connectivity index (χ4n) is 1.90. The van der Waals surface area contributed by atoms with Crippen LogP contribution in [0.15, 0.2) is 23.1 Å². The summed E-state index contributed by atoms with van der Waals surface area (Å²) in [4.78, 5) is 25.1. The number of ketones is 2. The molecule has 102 valence electrons. The number of ether oxygens (including phenoxy) is 1. The number of carbonyl (C=O) groups is 2. The molecule has 1 atom stereocenters. The van der Waals surface area contributed by atoms with Gasteiger partial charge in [-0.05, 0) is 37.3 Å². The number of thioether (sulfide) groups is 1. The SMILES string of the molecule is COC(C(=O)c1ccc(Cl)c(SC)c1)C(=O)C1CC1. The van der Waals surface area contributed by atoms with Gasteiger partial charge < -0.3 is 4.74 Å². The lowest BCUT2D eigenvalue weighted by atomic mass is 10.0. The highest BCUT2D eigenvalue weighted by Crippen LogP contribution is 2.33. The van der Waals surface area contributed by atoms with Gasteiger partial charge in [0.1, 0.15) is 0 Å². The molecule has 0 spiro atoms. The van der Waals surface area contributed by atoms with E-state index in [-0.39, 0.29) is 17.5 Å². The Balaban J connectivity index is 2.23. The third-order valence-corrected chi connectivity index (χ3v) is 4.37. The number of benzene rings is 1. The summed E-state index contributed by atoms with van der Waals surface area (Å²) < 4.78 is 5.09. The summed E-state index contributed by atoms with van der Waals surface area (Å²) in [6.07, 6.45) is 2.63. The summed E-state index contributed by atoms with van der Waals surface area (Å²) >= 11 is 7.47. The van der Waals surface area contributed by atoms with Crippen LogP contribution in [0, 0.1) is 5.92 Å². The molecule has 1 aromatic rings.